The average molecular weight is 525 g/mol. The summed E-state index contributed by atoms with van der Waals surface area (Å²) in [7, 11) is 0. The second kappa shape index (κ2) is 20.1. The number of amides is 2. The lowest BCUT2D eigenvalue weighted by Crippen LogP contribution is -2.38. The number of nitrogens with zero attached hydrogens (tertiary/aromatic N) is 2. The molecule has 0 radical (unpaired) electrons. The molecule has 38 heavy (non-hydrogen) atoms. The number of carbonyl (C=O) groups excluding carboxylic acids is 2. The number of carbonyl (C=O) groups is 2. The minimum Gasteiger partial charge on any atom is -0.494 e. The molecule has 0 unspecified atom stereocenters. The maximum atomic E-state index is 12.5. The van der Waals surface area contributed by atoms with Gasteiger partial charge in [-0.25, -0.2) is 0 Å². The van der Waals surface area contributed by atoms with Crippen molar-refractivity contribution < 1.29 is 19.1 Å². The Morgan fingerprint density at radius 1 is 0.711 bits per heavy atom. The minimum atomic E-state index is -0.402. The van der Waals surface area contributed by atoms with E-state index in [1.165, 1.54) is 90.4 Å². The zero-order chi connectivity index (χ0) is 27.3. The Bertz CT molecular complexity index is 886. The Morgan fingerprint density at radius 3 is 1.74 bits per heavy atom. The van der Waals surface area contributed by atoms with E-state index in [9.17, 15) is 9.59 Å². The van der Waals surface area contributed by atoms with Gasteiger partial charge in [-0.1, -0.05) is 96.5 Å². The van der Waals surface area contributed by atoms with Gasteiger partial charge >= 0.3 is 0 Å². The summed E-state index contributed by atoms with van der Waals surface area (Å²) in [5.74, 6) is 0.611. The number of unbranched alkanes of at least 4 members (excludes halogenated alkanes) is 13. The molecule has 0 fully saturated rings. The van der Waals surface area contributed by atoms with Crippen molar-refractivity contribution in [3.63, 3.8) is 0 Å². The largest absolute Gasteiger partial charge is 0.494 e. The van der Waals surface area contributed by atoms with E-state index in [4.69, 9.17) is 9.47 Å². The van der Waals surface area contributed by atoms with Crippen molar-refractivity contribution in [1.82, 2.24) is 9.88 Å². The highest BCUT2D eigenvalue weighted by Crippen LogP contribution is 2.19. The molecule has 1 aromatic carbocycles. The van der Waals surface area contributed by atoms with Crippen molar-refractivity contribution in [3.05, 3.63) is 54.4 Å². The van der Waals surface area contributed by atoms with Crippen molar-refractivity contribution in [2.45, 2.75) is 110 Å². The first-order valence-corrected chi connectivity index (χ1v) is 14.7. The van der Waals surface area contributed by atoms with Crippen molar-refractivity contribution in [1.29, 1.82) is 0 Å². The van der Waals surface area contributed by atoms with Gasteiger partial charge in [0.2, 0.25) is 5.91 Å². The van der Waals surface area contributed by atoms with Crippen LogP contribution in [-0.4, -0.2) is 34.9 Å². The fourth-order valence-corrected chi connectivity index (χ4v) is 4.37. The quantitative estimate of drug-likeness (QED) is 0.155. The Balaban J connectivity index is 1.50. The third kappa shape index (κ3) is 14.2. The molecule has 2 amide bonds. The number of benzene rings is 1. The van der Waals surface area contributed by atoms with E-state index >= 15 is 0 Å². The van der Waals surface area contributed by atoms with Gasteiger partial charge in [-0.15, -0.1) is 0 Å². The van der Waals surface area contributed by atoms with Crippen LogP contribution in [0.5, 0.6) is 11.5 Å². The van der Waals surface area contributed by atoms with Crippen LogP contribution in [0.25, 0.3) is 0 Å². The molecule has 0 N–H and O–H groups in total. The van der Waals surface area contributed by atoms with Gasteiger partial charge in [0.1, 0.15) is 11.5 Å². The second-order valence-corrected chi connectivity index (χ2v) is 10.0. The first kappa shape index (κ1) is 31.3. The molecule has 6 nitrogen and oxygen atoms in total. The summed E-state index contributed by atoms with van der Waals surface area (Å²) < 4.78 is 11.5. The molecule has 0 atom stereocenters. The van der Waals surface area contributed by atoms with Crippen LogP contribution < -0.4 is 9.47 Å². The molecular weight excluding hydrogens is 476 g/mol. The Kier molecular flexibility index (Phi) is 16.6. The molecule has 0 spiro atoms. The van der Waals surface area contributed by atoms with Crippen molar-refractivity contribution in [2.75, 3.05) is 13.2 Å². The highest BCUT2D eigenvalue weighted by Gasteiger charge is 2.19. The maximum Gasteiger partial charge on any atom is 0.267 e. The number of ether oxygens (including phenoxy) is 2. The summed E-state index contributed by atoms with van der Waals surface area (Å²) in [6, 6.07) is 12.7. The van der Waals surface area contributed by atoms with E-state index in [2.05, 4.69) is 11.9 Å². The van der Waals surface area contributed by atoms with Crippen LogP contribution in [0.4, 0.5) is 0 Å². The van der Waals surface area contributed by atoms with Crippen LogP contribution in [0.3, 0.4) is 0 Å². The number of rotatable bonds is 21. The predicted molar refractivity (Wildman–Crippen MR) is 153 cm³/mol. The lowest BCUT2D eigenvalue weighted by atomic mass is 10.0. The molecule has 6 heteroatoms. The van der Waals surface area contributed by atoms with E-state index in [-0.39, 0.29) is 19.1 Å². The topological polar surface area (TPSA) is 68.7 Å². The SMILES string of the molecule is CCCCCCCCCCCCCCCCOc1ccc(OCC(=O)N(Cc2ccccn2)C(C)=O)cc1. The first-order valence-electron chi connectivity index (χ1n) is 14.7. The Hall–Kier alpha value is -2.89. The second-order valence-electron chi connectivity index (χ2n) is 10.0. The molecule has 0 bridgehead atoms. The minimum absolute atomic E-state index is 0.129. The fourth-order valence-electron chi connectivity index (χ4n) is 4.37. The number of hydrogen-bond donors (Lipinski definition) is 0. The maximum absolute atomic E-state index is 12.5. The highest BCUT2D eigenvalue weighted by molar-refractivity contribution is 5.94. The normalized spacial score (nSPS) is 10.8. The van der Waals surface area contributed by atoms with E-state index in [1.807, 2.05) is 18.2 Å². The summed E-state index contributed by atoms with van der Waals surface area (Å²) in [6.07, 6.45) is 20.4. The van der Waals surface area contributed by atoms with Gasteiger partial charge in [0, 0.05) is 13.1 Å². The summed E-state index contributed by atoms with van der Waals surface area (Å²) in [4.78, 5) is 29.8. The van der Waals surface area contributed by atoms with Crippen LogP contribution in [0.1, 0.15) is 109 Å². The molecule has 0 aliphatic carbocycles. The van der Waals surface area contributed by atoms with Crippen LogP contribution in [0.2, 0.25) is 0 Å². The summed E-state index contributed by atoms with van der Waals surface area (Å²) in [6.45, 7) is 4.26. The molecule has 0 aliphatic rings. The van der Waals surface area contributed by atoms with Gasteiger partial charge < -0.3 is 9.47 Å². The Labute approximate surface area is 230 Å². The van der Waals surface area contributed by atoms with E-state index < -0.39 is 5.91 Å². The molecule has 0 aliphatic heterocycles. The van der Waals surface area contributed by atoms with Gasteiger partial charge in [0.25, 0.3) is 5.91 Å². The van der Waals surface area contributed by atoms with E-state index in [1.54, 1.807) is 30.5 Å². The number of pyridine rings is 1. The molecule has 2 aromatic rings. The first-order chi connectivity index (χ1) is 18.6. The Morgan fingerprint density at radius 2 is 1.24 bits per heavy atom. The van der Waals surface area contributed by atoms with Gasteiger partial charge in [0.15, 0.2) is 6.61 Å². The summed E-state index contributed by atoms with van der Waals surface area (Å²) in [5.41, 5.74) is 0.649. The van der Waals surface area contributed by atoms with Crippen molar-refractivity contribution in [2.24, 2.45) is 0 Å². The summed E-state index contributed by atoms with van der Waals surface area (Å²) in [5, 5.41) is 0. The standard InChI is InChI=1S/C32H48N2O4/c1-3-4-5-6-7-8-9-10-11-12-13-14-15-18-25-37-30-20-22-31(23-21-30)38-27-32(36)34(28(2)35)26-29-19-16-17-24-33-29/h16-17,19-24H,3-15,18,25-27H2,1-2H3. The van der Waals surface area contributed by atoms with Gasteiger partial charge in [0.05, 0.1) is 18.8 Å². The van der Waals surface area contributed by atoms with Gasteiger partial charge in [-0.2, -0.15) is 0 Å². The molecule has 1 aromatic heterocycles. The highest BCUT2D eigenvalue weighted by atomic mass is 16.5. The third-order valence-corrected chi connectivity index (χ3v) is 6.68. The monoisotopic (exact) mass is 524 g/mol. The molecule has 210 valence electrons. The number of aromatic nitrogens is 1. The molecule has 2 rings (SSSR count). The number of hydrogen-bond acceptors (Lipinski definition) is 5. The van der Waals surface area contributed by atoms with Crippen LogP contribution >= 0.6 is 0 Å². The zero-order valence-corrected chi connectivity index (χ0v) is 23.7. The predicted octanol–water partition coefficient (Wildman–Crippen LogP) is 7.90. The van der Waals surface area contributed by atoms with Crippen molar-refractivity contribution in [3.8, 4) is 11.5 Å². The van der Waals surface area contributed by atoms with Crippen LogP contribution in [0.15, 0.2) is 48.7 Å². The smallest absolute Gasteiger partial charge is 0.267 e. The third-order valence-electron chi connectivity index (χ3n) is 6.68. The average Bonchev–Trinajstić information content (AvgIpc) is 2.93. The van der Waals surface area contributed by atoms with E-state index in [0.717, 1.165) is 17.1 Å². The van der Waals surface area contributed by atoms with E-state index in [0.29, 0.717) is 18.1 Å². The fraction of sp³-hybridized carbons (Fsp3) is 0.594. The molecule has 0 saturated carbocycles. The number of imide groups is 1. The molecule has 0 saturated heterocycles. The van der Waals surface area contributed by atoms with Gasteiger partial charge in [-0.05, 0) is 42.8 Å². The van der Waals surface area contributed by atoms with Gasteiger partial charge in [-0.3, -0.25) is 19.5 Å². The lowest BCUT2D eigenvalue weighted by molar-refractivity contribution is -0.145. The van der Waals surface area contributed by atoms with Crippen LogP contribution in [-0.2, 0) is 16.1 Å². The summed E-state index contributed by atoms with van der Waals surface area (Å²) >= 11 is 0. The molecule has 1 heterocycles. The molecular formula is C32H48N2O4. The lowest BCUT2D eigenvalue weighted by Gasteiger charge is -2.19. The zero-order valence-electron chi connectivity index (χ0n) is 23.7. The van der Waals surface area contributed by atoms with Crippen molar-refractivity contribution >= 4 is 11.8 Å². The van der Waals surface area contributed by atoms with Crippen LogP contribution in [0, 0.1) is 0 Å².